The molecule has 0 radical (unpaired) electrons. The van der Waals surface area contributed by atoms with Gasteiger partial charge in [0.15, 0.2) is 6.61 Å². The number of rotatable bonds is 5. The number of esters is 1. The Kier molecular flexibility index (Phi) is 6.31. The van der Waals surface area contributed by atoms with Crippen LogP contribution in [0.3, 0.4) is 0 Å². The van der Waals surface area contributed by atoms with Gasteiger partial charge in [0.1, 0.15) is 0 Å². The Hall–Kier alpha value is -1.95. The first-order chi connectivity index (χ1) is 11.4. The summed E-state index contributed by atoms with van der Waals surface area (Å²) < 4.78 is 4.92. The van der Waals surface area contributed by atoms with E-state index in [1.807, 2.05) is 6.07 Å². The molecular weight excluding hydrogens is 375 g/mol. The maximum absolute atomic E-state index is 12.0. The summed E-state index contributed by atoms with van der Waals surface area (Å²) in [6, 6.07) is 9.78. The highest BCUT2D eigenvalue weighted by Gasteiger charge is 2.16. The molecule has 0 saturated heterocycles. The Morgan fingerprint density at radius 3 is 2.54 bits per heavy atom. The first kappa shape index (κ1) is 18.4. The fourth-order valence-electron chi connectivity index (χ4n) is 1.86. The number of ether oxygens (including phenoxy) is 1. The van der Waals surface area contributed by atoms with Crippen LogP contribution in [0.4, 0.5) is 5.69 Å². The van der Waals surface area contributed by atoms with Gasteiger partial charge in [0.2, 0.25) is 0 Å². The van der Waals surface area contributed by atoms with Crippen molar-refractivity contribution < 1.29 is 14.3 Å². The molecule has 0 fully saturated rings. The number of hydrogen-bond donors (Lipinski definition) is 2. The molecule has 0 spiro atoms. The van der Waals surface area contributed by atoms with Gasteiger partial charge in [-0.05, 0) is 29.8 Å². The molecule has 0 aromatic heterocycles. The van der Waals surface area contributed by atoms with Crippen LogP contribution >= 0.6 is 34.8 Å². The topological polar surface area (TPSA) is 81.4 Å². The van der Waals surface area contributed by atoms with Crippen LogP contribution < -0.4 is 11.1 Å². The monoisotopic (exact) mass is 386 g/mol. The molecule has 0 aliphatic heterocycles. The summed E-state index contributed by atoms with van der Waals surface area (Å²) in [6.45, 7) is -0.189. The van der Waals surface area contributed by atoms with Crippen LogP contribution in [0.2, 0.25) is 15.1 Å². The van der Waals surface area contributed by atoms with Gasteiger partial charge in [0, 0.05) is 16.6 Å². The smallest absolute Gasteiger partial charge is 0.340 e. The van der Waals surface area contributed by atoms with E-state index in [0.717, 1.165) is 5.56 Å². The molecule has 3 N–H and O–H groups in total. The second kappa shape index (κ2) is 8.24. The zero-order valence-electron chi connectivity index (χ0n) is 12.3. The van der Waals surface area contributed by atoms with Gasteiger partial charge < -0.3 is 15.8 Å². The molecule has 8 heteroatoms. The molecule has 2 aromatic rings. The van der Waals surface area contributed by atoms with Crippen molar-refractivity contribution in [3.63, 3.8) is 0 Å². The lowest BCUT2D eigenvalue weighted by molar-refractivity contribution is -0.124. The molecule has 0 atom stereocenters. The third-order valence-corrected chi connectivity index (χ3v) is 3.79. The first-order valence-corrected chi connectivity index (χ1v) is 7.93. The molecule has 0 saturated carbocycles. The van der Waals surface area contributed by atoms with E-state index in [1.54, 1.807) is 18.2 Å². The van der Waals surface area contributed by atoms with E-state index in [9.17, 15) is 9.59 Å². The number of nitrogen functional groups attached to an aromatic ring is 1. The summed E-state index contributed by atoms with van der Waals surface area (Å²) >= 11 is 17.5. The lowest BCUT2D eigenvalue weighted by atomic mass is 10.2. The van der Waals surface area contributed by atoms with Gasteiger partial charge in [-0.25, -0.2) is 4.79 Å². The molecule has 0 unspecified atom stereocenters. The average molecular weight is 388 g/mol. The SMILES string of the molecule is Nc1c(Cl)cc(Cl)cc1C(=O)OCC(=O)NCc1cccc(Cl)c1. The van der Waals surface area contributed by atoms with E-state index < -0.39 is 18.5 Å². The molecular formula is C16H13Cl3N2O3. The largest absolute Gasteiger partial charge is 0.452 e. The lowest BCUT2D eigenvalue weighted by Crippen LogP contribution is -2.28. The quantitative estimate of drug-likeness (QED) is 0.605. The zero-order valence-corrected chi connectivity index (χ0v) is 14.6. The molecule has 0 bridgehead atoms. The minimum atomic E-state index is -0.783. The molecule has 2 aromatic carbocycles. The van der Waals surface area contributed by atoms with E-state index in [1.165, 1.54) is 12.1 Å². The van der Waals surface area contributed by atoms with Crippen LogP contribution in [0, 0.1) is 0 Å². The van der Waals surface area contributed by atoms with Gasteiger partial charge in [0.05, 0.1) is 16.3 Å². The molecule has 0 aliphatic rings. The van der Waals surface area contributed by atoms with E-state index in [4.69, 9.17) is 45.3 Å². The Morgan fingerprint density at radius 1 is 1.08 bits per heavy atom. The Balaban J connectivity index is 1.89. The molecule has 1 amide bonds. The van der Waals surface area contributed by atoms with Crippen molar-refractivity contribution in [3.05, 3.63) is 62.6 Å². The standard InChI is InChI=1S/C16H13Cl3N2O3/c17-10-3-1-2-9(4-10)7-21-14(22)8-24-16(23)12-5-11(18)6-13(19)15(12)20/h1-6H,7-8,20H2,(H,21,22). The van der Waals surface area contributed by atoms with Crippen molar-refractivity contribution >= 4 is 52.4 Å². The first-order valence-electron chi connectivity index (χ1n) is 6.79. The van der Waals surface area contributed by atoms with Crippen LogP contribution in [0.1, 0.15) is 15.9 Å². The van der Waals surface area contributed by atoms with Gasteiger partial charge in [0.25, 0.3) is 5.91 Å². The predicted octanol–water partition coefficient (Wildman–Crippen LogP) is 3.70. The average Bonchev–Trinajstić information content (AvgIpc) is 2.54. The minimum Gasteiger partial charge on any atom is -0.452 e. The third-order valence-electron chi connectivity index (χ3n) is 3.03. The maximum atomic E-state index is 12.0. The zero-order chi connectivity index (χ0) is 17.7. The molecule has 5 nitrogen and oxygen atoms in total. The number of carbonyl (C=O) groups excluding carboxylic acids is 2. The van der Waals surface area contributed by atoms with Crippen LogP contribution in [0.5, 0.6) is 0 Å². The number of halogens is 3. The van der Waals surface area contributed by atoms with E-state index >= 15 is 0 Å². The van der Waals surface area contributed by atoms with Gasteiger partial charge in [-0.15, -0.1) is 0 Å². The van der Waals surface area contributed by atoms with Crippen LogP contribution in [-0.2, 0) is 16.1 Å². The number of nitrogens with two attached hydrogens (primary N) is 1. The van der Waals surface area contributed by atoms with Gasteiger partial charge in [-0.1, -0.05) is 46.9 Å². The van der Waals surface area contributed by atoms with Crippen molar-refractivity contribution in [1.29, 1.82) is 0 Å². The molecule has 0 aliphatic carbocycles. The second-order valence-corrected chi connectivity index (χ2v) is 6.11. The summed E-state index contributed by atoms with van der Waals surface area (Å²) in [4.78, 5) is 23.7. The van der Waals surface area contributed by atoms with Crippen LogP contribution in [0.25, 0.3) is 0 Å². The lowest BCUT2D eigenvalue weighted by Gasteiger charge is -2.09. The summed E-state index contributed by atoms with van der Waals surface area (Å²) in [7, 11) is 0. The van der Waals surface area contributed by atoms with Gasteiger partial charge in [-0.3, -0.25) is 4.79 Å². The Bertz CT molecular complexity index is 781. The summed E-state index contributed by atoms with van der Waals surface area (Å²) in [5.74, 6) is -1.25. The Morgan fingerprint density at radius 2 is 1.83 bits per heavy atom. The highest BCUT2D eigenvalue weighted by atomic mass is 35.5. The summed E-state index contributed by atoms with van der Waals surface area (Å²) in [5, 5.41) is 3.56. The van der Waals surface area contributed by atoms with Gasteiger partial charge >= 0.3 is 5.97 Å². The highest BCUT2D eigenvalue weighted by molar-refractivity contribution is 6.37. The minimum absolute atomic E-state index is 0.00939. The molecule has 24 heavy (non-hydrogen) atoms. The van der Waals surface area contributed by atoms with E-state index in [-0.39, 0.29) is 27.8 Å². The fourth-order valence-corrected chi connectivity index (χ4v) is 2.57. The number of anilines is 1. The highest BCUT2D eigenvalue weighted by Crippen LogP contribution is 2.27. The van der Waals surface area contributed by atoms with Crippen LogP contribution in [-0.4, -0.2) is 18.5 Å². The summed E-state index contributed by atoms with van der Waals surface area (Å²) in [6.07, 6.45) is 0. The number of amides is 1. The summed E-state index contributed by atoms with van der Waals surface area (Å²) in [5.41, 5.74) is 6.59. The van der Waals surface area contributed by atoms with Crippen molar-refractivity contribution in [2.24, 2.45) is 0 Å². The molecule has 2 rings (SSSR count). The normalized spacial score (nSPS) is 10.3. The number of nitrogens with one attached hydrogen (secondary N) is 1. The van der Waals surface area contributed by atoms with Crippen molar-refractivity contribution in [3.8, 4) is 0 Å². The van der Waals surface area contributed by atoms with Crippen molar-refractivity contribution in [1.82, 2.24) is 5.32 Å². The van der Waals surface area contributed by atoms with Crippen molar-refractivity contribution in [2.45, 2.75) is 6.54 Å². The van der Waals surface area contributed by atoms with Gasteiger partial charge in [-0.2, -0.15) is 0 Å². The maximum Gasteiger partial charge on any atom is 0.340 e. The second-order valence-electron chi connectivity index (χ2n) is 4.83. The van der Waals surface area contributed by atoms with E-state index in [0.29, 0.717) is 5.02 Å². The number of hydrogen-bond acceptors (Lipinski definition) is 4. The van der Waals surface area contributed by atoms with Crippen LogP contribution in [0.15, 0.2) is 36.4 Å². The number of carbonyl (C=O) groups is 2. The molecule has 126 valence electrons. The number of benzene rings is 2. The fraction of sp³-hybridized carbons (Fsp3) is 0.125. The van der Waals surface area contributed by atoms with E-state index in [2.05, 4.69) is 5.32 Å². The third kappa shape index (κ3) is 5.03. The van der Waals surface area contributed by atoms with Crippen molar-refractivity contribution in [2.75, 3.05) is 12.3 Å². The Labute approximate surface area is 153 Å². The predicted molar refractivity (Wildman–Crippen MR) is 94.5 cm³/mol. The molecule has 0 heterocycles.